The molecule has 1 rings (SSSR count). The molecule has 0 spiro atoms. The average molecular weight is 306 g/mol. The number of hydrogen-bond donors (Lipinski definition) is 2. The summed E-state index contributed by atoms with van der Waals surface area (Å²) in [5.41, 5.74) is 0.568. The van der Waals surface area contributed by atoms with Crippen molar-refractivity contribution in [3.05, 3.63) is 24.3 Å². The number of rotatable bonds is 5. The first kappa shape index (κ1) is 17.7. The molecule has 0 aliphatic rings. The molecule has 0 unspecified atom stereocenters. The Kier molecular flexibility index (Phi) is 6.10. The van der Waals surface area contributed by atoms with Crippen LogP contribution in [0.15, 0.2) is 24.3 Å². The highest BCUT2D eigenvalue weighted by atomic mass is 16.5. The Labute approximate surface area is 130 Å². The van der Waals surface area contributed by atoms with E-state index < -0.39 is 17.3 Å². The lowest BCUT2D eigenvalue weighted by Gasteiger charge is -2.18. The molecule has 2 N–H and O–H groups in total. The van der Waals surface area contributed by atoms with Gasteiger partial charge in [0.25, 0.3) is 0 Å². The Hall–Kier alpha value is -2.37. The fraction of sp³-hybridized carbons (Fsp3) is 0.438. The molecule has 1 aromatic rings. The van der Waals surface area contributed by atoms with E-state index in [4.69, 9.17) is 4.74 Å². The fourth-order valence-electron chi connectivity index (χ4n) is 1.54. The summed E-state index contributed by atoms with van der Waals surface area (Å²) >= 11 is 0. The maximum atomic E-state index is 11.9. The largest absolute Gasteiger partial charge is 0.466 e. The zero-order valence-corrected chi connectivity index (χ0v) is 13.4. The van der Waals surface area contributed by atoms with Crippen LogP contribution >= 0.6 is 0 Å². The highest BCUT2D eigenvalue weighted by molar-refractivity contribution is 6.02. The summed E-state index contributed by atoms with van der Waals surface area (Å²) in [6.07, 6.45) is -0.341. The average Bonchev–Trinajstić information content (AvgIpc) is 2.37. The van der Waals surface area contributed by atoms with Crippen LogP contribution in [0.4, 0.5) is 11.4 Å². The first-order chi connectivity index (χ1) is 10.2. The number of carbonyl (C=O) groups excluding carboxylic acids is 3. The van der Waals surface area contributed by atoms with Crippen LogP contribution in [0.2, 0.25) is 0 Å². The van der Waals surface area contributed by atoms with Crippen molar-refractivity contribution in [1.82, 2.24) is 0 Å². The Morgan fingerprint density at radius 3 is 2.23 bits per heavy atom. The summed E-state index contributed by atoms with van der Waals surface area (Å²) in [6, 6.07) is 6.74. The second-order valence-corrected chi connectivity index (χ2v) is 5.81. The van der Waals surface area contributed by atoms with Crippen molar-refractivity contribution in [3.8, 4) is 0 Å². The monoisotopic (exact) mass is 306 g/mol. The highest BCUT2D eigenvalue weighted by Gasteiger charge is 2.21. The Morgan fingerprint density at radius 2 is 1.68 bits per heavy atom. The van der Waals surface area contributed by atoms with Gasteiger partial charge in [-0.3, -0.25) is 14.4 Å². The van der Waals surface area contributed by atoms with Crippen LogP contribution < -0.4 is 10.6 Å². The lowest BCUT2D eigenvalue weighted by molar-refractivity contribution is -0.145. The van der Waals surface area contributed by atoms with Gasteiger partial charge in [0.15, 0.2) is 0 Å². The van der Waals surface area contributed by atoms with Crippen LogP contribution in [-0.4, -0.2) is 24.4 Å². The number of nitrogens with one attached hydrogen (secondary N) is 2. The SMILES string of the molecule is CCOC(=O)CC(=O)Nc1cccc(NC(=O)C(C)(C)C)c1. The third kappa shape index (κ3) is 5.95. The summed E-state index contributed by atoms with van der Waals surface area (Å²) in [7, 11) is 0. The first-order valence-electron chi connectivity index (χ1n) is 7.09. The molecule has 1 aromatic carbocycles. The molecule has 0 fully saturated rings. The molecule has 0 aliphatic heterocycles. The Morgan fingerprint density at radius 1 is 1.09 bits per heavy atom. The first-order valence-corrected chi connectivity index (χ1v) is 7.09. The maximum Gasteiger partial charge on any atom is 0.315 e. The predicted octanol–water partition coefficient (Wildman–Crippen LogP) is 2.56. The van der Waals surface area contributed by atoms with E-state index in [2.05, 4.69) is 10.6 Å². The van der Waals surface area contributed by atoms with Crippen molar-refractivity contribution in [2.75, 3.05) is 17.2 Å². The molecule has 0 bridgehead atoms. The highest BCUT2D eigenvalue weighted by Crippen LogP contribution is 2.20. The van der Waals surface area contributed by atoms with Gasteiger partial charge in [-0.25, -0.2) is 0 Å². The molecule has 2 amide bonds. The van der Waals surface area contributed by atoms with Gasteiger partial charge in [0.1, 0.15) is 6.42 Å². The second-order valence-electron chi connectivity index (χ2n) is 5.81. The number of amides is 2. The summed E-state index contributed by atoms with van der Waals surface area (Å²) < 4.78 is 4.71. The summed E-state index contributed by atoms with van der Waals surface area (Å²) in [6.45, 7) is 7.35. The van der Waals surface area contributed by atoms with Crippen molar-refractivity contribution in [2.24, 2.45) is 5.41 Å². The Bertz CT molecular complexity index is 562. The molecule has 0 saturated carbocycles. The molecule has 0 heterocycles. The molecule has 6 heteroatoms. The molecule has 0 saturated heterocycles. The minimum absolute atomic E-state index is 0.123. The third-order valence-electron chi connectivity index (χ3n) is 2.70. The van der Waals surface area contributed by atoms with Crippen molar-refractivity contribution in [3.63, 3.8) is 0 Å². The van der Waals surface area contributed by atoms with Gasteiger partial charge in [-0.1, -0.05) is 26.8 Å². The standard InChI is InChI=1S/C16H22N2O4/c1-5-22-14(20)10-13(19)17-11-7-6-8-12(9-11)18-15(21)16(2,3)4/h6-9H,5,10H2,1-4H3,(H,17,19)(H,18,21). The molecule has 0 aromatic heterocycles. The predicted molar refractivity (Wildman–Crippen MR) is 84.4 cm³/mol. The molecule has 6 nitrogen and oxygen atoms in total. The van der Waals surface area contributed by atoms with E-state index in [0.29, 0.717) is 11.4 Å². The molecule has 0 aliphatic carbocycles. The molecule has 120 valence electrons. The zero-order chi connectivity index (χ0) is 16.8. The van der Waals surface area contributed by atoms with E-state index in [1.165, 1.54) is 0 Å². The number of ether oxygens (including phenoxy) is 1. The summed E-state index contributed by atoms with van der Waals surface area (Å²) in [5.74, 6) is -1.16. The smallest absolute Gasteiger partial charge is 0.315 e. The minimum Gasteiger partial charge on any atom is -0.466 e. The van der Waals surface area contributed by atoms with Crippen LogP contribution in [0.1, 0.15) is 34.1 Å². The van der Waals surface area contributed by atoms with Gasteiger partial charge in [0.2, 0.25) is 11.8 Å². The summed E-state index contributed by atoms with van der Waals surface area (Å²) in [4.78, 5) is 34.8. The molecular formula is C16H22N2O4. The topological polar surface area (TPSA) is 84.5 Å². The van der Waals surface area contributed by atoms with Crippen molar-refractivity contribution in [2.45, 2.75) is 34.1 Å². The minimum atomic E-state index is -0.572. The number of hydrogen-bond acceptors (Lipinski definition) is 4. The van der Waals surface area contributed by atoms with Crippen LogP contribution in [0.3, 0.4) is 0 Å². The van der Waals surface area contributed by atoms with Gasteiger partial charge in [-0.05, 0) is 25.1 Å². The van der Waals surface area contributed by atoms with Crippen LogP contribution in [0.25, 0.3) is 0 Å². The van der Waals surface area contributed by atoms with Crippen LogP contribution in [-0.2, 0) is 19.1 Å². The van der Waals surface area contributed by atoms with E-state index in [1.54, 1.807) is 31.2 Å². The normalized spacial score (nSPS) is 10.7. The quantitative estimate of drug-likeness (QED) is 0.647. The van der Waals surface area contributed by atoms with Crippen molar-refractivity contribution in [1.29, 1.82) is 0 Å². The second kappa shape index (κ2) is 7.59. The van der Waals surface area contributed by atoms with Crippen LogP contribution in [0.5, 0.6) is 0 Å². The van der Waals surface area contributed by atoms with Crippen molar-refractivity contribution >= 4 is 29.2 Å². The molecule has 0 radical (unpaired) electrons. The summed E-state index contributed by atoms with van der Waals surface area (Å²) in [5, 5.41) is 5.37. The molecule has 0 atom stereocenters. The van der Waals surface area contributed by atoms with Gasteiger partial charge in [0.05, 0.1) is 6.61 Å². The Balaban J connectivity index is 2.66. The molecule has 22 heavy (non-hydrogen) atoms. The fourth-order valence-corrected chi connectivity index (χ4v) is 1.54. The van der Waals surface area contributed by atoms with E-state index >= 15 is 0 Å². The van der Waals surface area contributed by atoms with Crippen molar-refractivity contribution < 1.29 is 19.1 Å². The van der Waals surface area contributed by atoms with E-state index in [9.17, 15) is 14.4 Å². The lowest BCUT2D eigenvalue weighted by atomic mass is 9.95. The van der Waals surface area contributed by atoms with Gasteiger partial charge in [-0.2, -0.15) is 0 Å². The van der Waals surface area contributed by atoms with Gasteiger partial charge in [0, 0.05) is 16.8 Å². The lowest BCUT2D eigenvalue weighted by Crippen LogP contribution is -2.27. The number of benzene rings is 1. The zero-order valence-electron chi connectivity index (χ0n) is 13.4. The van der Waals surface area contributed by atoms with Crippen LogP contribution in [0, 0.1) is 5.41 Å². The maximum absolute atomic E-state index is 11.9. The van der Waals surface area contributed by atoms with Gasteiger partial charge < -0.3 is 15.4 Å². The number of esters is 1. The number of carbonyl (C=O) groups is 3. The van der Waals surface area contributed by atoms with Gasteiger partial charge >= 0.3 is 5.97 Å². The third-order valence-corrected chi connectivity index (χ3v) is 2.70. The van der Waals surface area contributed by atoms with E-state index in [1.807, 2.05) is 20.8 Å². The van der Waals surface area contributed by atoms with E-state index in [0.717, 1.165) is 0 Å². The number of anilines is 2. The van der Waals surface area contributed by atoms with Gasteiger partial charge in [-0.15, -0.1) is 0 Å². The van der Waals surface area contributed by atoms with E-state index in [-0.39, 0.29) is 18.9 Å². The molecular weight excluding hydrogens is 284 g/mol.